The molecule has 1 aromatic rings. The maximum Gasteiger partial charge on any atom is 0.194 e. The number of nitrogens with zero attached hydrogens (tertiary/aromatic N) is 4. The Morgan fingerprint density at radius 3 is 2.88 bits per heavy atom. The third-order valence-electron chi connectivity index (χ3n) is 4.93. The van der Waals surface area contributed by atoms with Crippen LogP contribution in [-0.4, -0.2) is 60.0 Å². The van der Waals surface area contributed by atoms with Gasteiger partial charge in [0.1, 0.15) is 0 Å². The lowest BCUT2D eigenvalue weighted by molar-refractivity contribution is 0.281. The van der Waals surface area contributed by atoms with Gasteiger partial charge in [-0.05, 0) is 51.6 Å². The summed E-state index contributed by atoms with van der Waals surface area (Å²) in [5.74, 6) is 1.85. The molecule has 1 unspecified atom stereocenters. The number of thiazole rings is 1. The minimum absolute atomic E-state index is 0.687. The number of likely N-dealkylation sites (tertiary alicyclic amines) is 2. The lowest BCUT2D eigenvalue weighted by Gasteiger charge is -2.23. The number of hydrogen-bond donors (Lipinski definition) is 1. The van der Waals surface area contributed by atoms with Gasteiger partial charge in [-0.1, -0.05) is 6.92 Å². The molecule has 1 N–H and O–H groups in total. The largest absolute Gasteiger partial charge is 0.357 e. The van der Waals surface area contributed by atoms with Gasteiger partial charge in [-0.15, -0.1) is 11.3 Å². The van der Waals surface area contributed by atoms with E-state index in [-0.39, 0.29) is 0 Å². The van der Waals surface area contributed by atoms with Crippen molar-refractivity contribution in [1.29, 1.82) is 0 Å². The van der Waals surface area contributed by atoms with Crippen LogP contribution in [0.15, 0.2) is 10.4 Å². The molecule has 1 atom stereocenters. The Morgan fingerprint density at radius 2 is 2.17 bits per heavy atom. The van der Waals surface area contributed by atoms with E-state index >= 15 is 0 Å². The van der Waals surface area contributed by atoms with Crippen molar-refractivity contribution in [3.8, 4) is 0 Å². The zero-order chi connectivity index (χ0) is 16.8. The fourth-order valence-electron chi connectivity index (χ4n) is 3.67. The van der Waals surface area contributed by atoms with Gasteiger partial charge < -0.3 is 15.1 Å². The SMILES string of the molecule is CCNC(=NCc1csc(CC)n1)N1CCC(CN2CCCC2)C1. The Labute approximate surface area is 150 Å². The summed E-state index contributed by atoms with van der Waals surface area (Å²) in [6, 6.07) is 0. The third kappa shape index (κ3) is 4.70. The lowest BCUT2D eigenvalue weighted by atomic mass is 10.1. The Morgan fingerprint density at radius 1 is 1.33 bits per heavy atom. The molecule has 2 aliphatic rings. The van der Waals surface area contributed by atoms with E-state index in [0.29, 0.717) is 6.54 Å². The van der Waals surface area contributed by atoms with Crippen LogP contribution in [0.25, 0.3) is 0 Å². The first kappa shape index (κ1) is 17.7. The summed E-state index contributed by atoms with van der Waals surface area (Å²) in [7, 11) is 0. The standard InChI is InChI=1S/C18H31N5S/c1-3-17-21-16(14-24-17)11-20-18(19-4-2)23-10-7-15(13-23)12-22-8-5-6-9-22/h14-15H,3-13H2,1-2H3,(H,19,20). The van der Waals surface area contributed by atoms with E-state index in [4.69, 9.17) is 4.99 Å². The van der Waals surface area contributed by atoms with Crippen molar-refractivity contribution in [2.45, 2.75) is 46.1 Å². The van der Waals surface area contributed by atoms with Crippen molar-refractivity contribution in [2.24, 2.45) is 10.9 Å². The fraction of sp³-hybridized carbons (Fsp3) is 0.778. The molecule has 134 valence electrons. The molecule has 24 heavy (non-hydrogen) atoms. The normalized spacial score (nSPS) is 22.5. The van der Waals surface area contributed by atoms with E-state index in [1.165, 1.54) is 43.9 Å². The Kier molecular flexibility index (Phi) is 6.49. The number of rotatable bonds is 6. The molecule has 2 fully saturated rings. The average Bonchev–Trinajstić information content (AvgIpc) is 3.33. The number of aromatic nitrogens is 1. The van der Waals surface area contributed by atoms with Crippen molar-refractivity contribution < 1.29 is 0 Å². The van der Waals surface area contributed by atoms with Crippen LogP contribution in [-0.2, 0) is 13.0 Å². The molecule has 0 bridgehead atoms. The van der Waals surface area contributed by atoms with Gasteiger partial charge in [-0.25, -0.2) is 9.98 Å². The first-order chi connectivity index (χ1) is 11.8. The lowest BCUT2D eigenvalue weighted by Crippen LogP contribution is -2.40. The van der Waals surface area contributed by atoms with Crippen molar-refractivity contribution in [3.05, 3.63) is 16.1 Å². The number of nitrogens with one attached hydrogen (secondary N) is 1. The van der Waals surface area contributed by atoms with Crippen LogP contribution in [0.5, 0.6) is 0 Å². The Hall–Kier alpha value is -1.14. The summed E-state index contributed by atoms with van der Waals surface area (Å²) >= 11 is 1.75. The van der Waals surface area contributed by atoms with Gasteiger partial charge in [0.05, 0.1) is 17.2 Å². The number of guanidine groups is 1. The summed E-state index contributed by atoms with van der Waals surface area (Å²) in [5.41, 5.74) is 1.10. The molecule has 5 nitrogen and oxygen atoms in total. The fourth-order valence-corrected chi connectivity index (χ4v) is 4.41. The van der Waals surface area contributed by atoms with Gasteiger partial charge in [-0.2, -0.15) is 0 Å². The minimum Gasteiger partial charge on any atom is -0.357 e. The molecule has 2 saturated heterocycles. The van der Waals surface area contributed by atoms with E-state index in [9.17, 15) is 0 Å². The molecule has 6 heteroatoms. The maximum atomic E-state index is 4.84. The summed E-state index contributed by atoms with van der Waals surface area (Å²) < 4.78 is 0. The average molecular weight is 350 g/mol. The zero-order valence-electron chi connectivity index (χ0n) is 15.1. The van der Waals surface area contributed by atoms with E-state index in [2.05, 4.69) is 39.3 Å². The van der Waals surface area contributed by atoms with Gasteiger partial charge in [0.2, 0.25) is 0 Å². The third-order valence-corrected chi connectivity index (χ3v) is 5.97. The van der Waals surface area contributed by atoms with Crippen LogP contribution in [0.4, 0.5) is 0 Å². The molecule has 1 aromatic heterocycles. The first-order valence-electron chi connectivity index (χ1n) is 9.47. The molecule has 0 spiro atoms. The van der Waals surface area contributed by atoms with E-state index in [1.807, 2.05) is 0 Å². The van der Waals surface area contributed by atoms with Crippen LogP contribution in [0.2, 0.25) is 0 Å². The van der Waals surface area contributed by atoms with Gasteiger partial charge in [-0.3, -0.25) is 0 Å². The number of hydrogen-bond acceptors (Lipinski definition) is 4. The van der Waals surface area contributed by atoms with Crippen LogP contribution >= 0.6 is 11.3 Å². The molecule has 0 amide bonds. The molecular weight excluding hydrogens is 318 g/mol. The van der Waals surface area contributed by atoms with Gasteiger partial charge in [0, 0.05) is 31.6 Å². The van der Waals surface area contributed by atoms with Gasteiger partial charge in [0.25, 0.3) is 0 Å². The molecule has 2 aliphatic heterocycles. The summed E-state index contributed by atoms with van der Waals surface area (Å²) in [4.78, 5) is 14.6. The predicted octanol–water partition coefficient (Wildman–Crippen LogP) is 2.59. The van der Waals surface area contributed by atoms with E-state index < -0.39 is 0 Å². The topological polar surface area (TPSA) is 43.8 Å². The quantitative estimate of drug-likeness (QED) is 0.633. The highest BCUT2D eigenvalue weighted by Gasteiger charge is 2.27. The predicted molar refractivity (Wildman–Crippen MR) is 102 cm³/mol. The van der Waals surface area contributed by atoms with Crippen molar-refractivity contribution in [3.63, 3.8) is 0 Å². The highest BCUT2D eigenvalue weighted by molar-refractivity contribution is 7.09. The van der Waals surface area contributed by atoms with E-state index in [0.717, 1.165) is 43.6 Å². The second-order valence-electron chi connectivity index (χ2n) is 6.86. The highest BCUT2D eigenvalue weighted by atomic mass is 32.1. The number of aryl methyl sites for hydroxylation is 1. The molecule has 3 heterocycles. The first-order valence-corrected chi connectivity index (χ1v) is 10.3. The smallest absolute Gasteiger partial charge is 0.194 e. The monoisotopic (exact) mass is 349 g/mol. The summed E-state index contributed by atoms with van der Waals surface area (Å²) in [6.07, 6.45) is 5.07. The second kappa shape index (κ2) is 8.81. The summed E-state index contributed by atoms with van der Waals surface area (Å²) in [5, 5.41) is 6.82. The zero-order valence-corrected chi connectivity index (χ0v) is 15.9. The molecule has 0 aromatic carbocycles. The second-order valence-corrected chi connectivity index (χ2v) is 7.81. The van der Waals surface area contributed by atoms with Crippen LogP contribution in [0.1, 0.15) is 43.8 Å². The highest BCUT2D eigenvalue weighted by Crippen LogP contribution is 2.20. The number of aliphatic imine (C=N–C) groups is 1. The molecule has 0 radical (unpaired) electrons. The van der Waals surface area contributed by atoms with Gasteiger partial charge >= 0.3 is 0 Å². The van der Waals surface area contributed by atoms with Crippen LogP contribution in [0, 0.1) is 5.92 Å². The molecule has 3 rings (SSSR count). The Bertz CT molecular complexity index is 535. The van der Waals surface area contributed by atoms with Crippen molar-refractivity contribution in [2.75, 3.05) is 39.3 Å². The van der Waals surface area contributed by atoms with Crippen LogP contribution in [0.3, 0.4) is 0 Å². The Balaban J connectivity index is 1.55. The van der Waals surface area contributed by atoms with Crippen molar-refractivity contribution >= 4 is 17.3 Å². The molecular formula is C18H31N5S. The molecule has 0 aliphatic carbocycles. The summed E-state index contributed by atoms with van der Waals surface area (Å²) in [6.45, 7) is 12.0. The van der Waals surface area contributed by atoms with Crippen molar-refractivity contribution in [1.82, 2.24) is 20.1 Å². The van der Waals surface area contributed by atoms with Crippen LogP contribution < -0.4 is 5.32 Å². The minimum atomic E-state index is 0.687. The maximum absolute atomic E-state index is 4.84. The molecule has 0 saturated carbocycles. The van der Waals surface area contributed by atoms with E-state index in [1.54, 1.807) is 11.3 Å². The van der Waals surface area contributed by atoms with Gasteiger partial charge in [0.15, 0.2) is 5.96 Å².